The van der Waals surface area contributed by atoms with Crippen LogP contribution in [0.1, 0.15) is 11.8 Å². The van der Waals surface area contributed by atoms with Crippen LogP contribution in [-0.2, 0) is 0 Å². The lowest BCUT2D eigenvalue weighted by molar-refractivity contribution is 0.164. The van der Waals surface area contributed by atoms with Crippen molar-refractivity contribution in [2.75, 3.05) is 25.7 Å². The van der Waals surface area contributed by atoms with Gasteiger partial charge in [-0.1, -0.05) is 5.16 Å². The lowest BCUT2D eigenvalue weighted by Gasteiger charge is -2.08. The topological polar surface area (TPSA) is 77.6 Å². The number of methoxy groups -OCH3 is 2. The van der Waals surface area contributed by atoms with Crippen molar-refractivity contribution in [1.29, 1.82) is 0 Å². The maximum Gasteiger partial charge on any atom is 0.233 e. The predicted octanol–water partition coefficient (Wildman–Crippen LogP) is 1.95. The molecule has 112 valence electrons. The molecule has 1 fully saturated rings. The Morgan fingerprint density at radius 2 is 2.05 bits per heavy atom. The van der Waals surface area contributed by atoms with Gasteiger partial charge in [-0.3, -0.25) is 0 Å². The minimum absolute atomic E-state index is 0.0867. The molecule has 1 aliphatic heterocycles. The fourth-order valence-corrected chi connectivity index (χ4v) is 3.49. The number of nitrogens with zero attached hydrogens (tertiary/aromatic N) is 2. The van der Waals surface area contributed by atoms with Gasteiger partial charge in [0.25, 0.3) is 0 Å². The quantitative estimate of drug-likeness (QED) is 0.924. The van der Waals surface area contributed by atoms with Crippen molar-refractivity contribution >= 4 is 11.8 Å². The van der Waals surface area contributed by atoms with E-state index in [0.29, 0.717) is 29.0 Å². The third-order valence-corrected chi connectivity index (χ3v) is 4.62. The first-order valence-electron chi connectivity index (χ1n) is 6.54. The molecule has 1 aromatic heterocycles. The highest BCUT2D eigenvalue weighted by Gasteiger charge is 2.32. The van der Waals surface area contributed by atoms with E-state index in [2.05, 4.69) is 10.1 Å². The third-order valence-electron chi connectivity index (χ3n) is 3.45. The van der Waals surface area contributed by atoms with Crippen LogP contribution in [0.2, 0.25) is 0 Å². The third kappa shape index (κ3) is 2.71. The van der Waals surface area contributed by atoms with Crippen LogP contribution in [0.5, 0.6) is 11.5 Å². The summed E-state index contributed by atoms with van der Waals surface area (Å²) in [4.78, 5) is 4.40. The highest BCUT2D eigenvalue weighted by atomic mass is 32.2. The summed E-state index contributed by atoms with van der Waals surface area (Å²) in [6.45, 7) is 0. The van der Waals surface area contributed by atoms with Gasteiger partial charge in [0, 0.05) is 17.1 Å². The molecule has 3 rings (SSSR count). The summed E-state index contributed by atoms with van der Waals surface area (Å²) in [6.07, 6.45) is -0.422. The number of ether oxygens (including phenoxy) is 2. The van der Waals surface area contributed by atoms with Gasteiger partial charge in [0.15, 0.2) is 11.5 Å². The minimum atomic E-state index is -0.422. The van der Waals surface area contributed by atoms with Crippen molar-refractivity contribution in [3.63, 3.8) is 0 Å². The van der Waals surface area contributed by atoms with E-state index >= 15 is 0 Å². The number of rotatable bonds is 4. The monoisotopic (exact) mass is 308 g/mol. The Bertz CT molecular complexity index is 631. The standard InChI is InChI=1S/C14H16N2O4S/c1-18-11-4-3-8(5-12(11)19-2)13-15-14(20-16-13)9-6-21-7-10(9)17/h3-5,9-10,17H,6-7H2,1-2H3. The number of hydrogen-bond acceptors (Lipinski definition) is 7. The summed E-state index contributed by atoms with van der Waals surface area (Å²) in [5, 5.41) is 13.9. The molecule has 1 aliphatic rings. The Kier molecular flexibility index (Phi) is 4.03. The Balaban J connectivity index is 1.89. The molecule has 1 aromatic carbocycles. The molecule has 2 aromatic rings. The van der Waals surface area contributed by atoms with Crippen LogP contribution in [0, 0.1) is 0 Å². The number of aliphatic hydroxyl groups excluding tert-OH is 1. The van der Waals surface area contributed by atoms with Gasteiger partial charge in [-0.15, -0.1) is 0 Å². The molecule has 21 heavy (non-hydrogen) atoms. The fourth-order valence-electron chi connectivity index (χ4n) is 2.26. The summed E-state index contributed by atoms with van der Waals surface area (Å²) in [6, 6.07) is 5.44. The molecule has 6 nitrogen and oxygen atoms in total. The van der Waals surface area contributed by atoms with Gasteiger partial charge in [-0.25, -0.2) is 0 Å². The molecule has 1 N–H and O–H groups in total. The molecule has 0 saturated carbocycles. The first-order valence-corrected chi connectivity index (χ1v) is 7.70. The second-order valence-electron chi connectivity index (χ2n) is 4.74. The Hall–Kier alpha value is -1.73. The maximum absolute atomic E-state index is 9.89. The molecule has 1 saturated heterocycles. The van der Waals surface area contributed by atoms with Crippen molar-refractivity contribution in [2.45, 2.75) is 12.0 Å². The molecular formula is C14H16N2O4S. The molecule has 0 amide bonds. The summed E-state index contributed by atoms with van der Waals surface area (Å²) < 4.78 is 15.8. The Labute approximate surface area is 126 Å². The summed E-state index contributed by atoms with van der Waals surface area (Å²) in [5.74, 6) is 3.64. The number of aromatic nitrogens is 2. The van der Waals surface area contributed by atoms with Crippen molar-refractivity contribution in [3.05, 3.63) is 24.1 Å². The smallest absolute Gasteiger partial charge is 0.233 e. The second kappa shape index (κ2) is 5.95. The van der Waals surface area contributed by atoms with Gasteiger partial charge in [-0.05, 0) is 18.2 Å². The lowest BCUT2D eigenvalue weighted by atomic mass is 10.1. The molecule has 2 atom stereocenters. The van der Waals surface area contributed by atoms with Gasteiger partial charge in [-0.2, -0.15) is 16.7 Å². The molecular weight excluding hydrogens is 292 g/mol. The van der Waals surface area contributed by atoms with E-state index in [0.717, 1.165) is 11.3 Å². The highest BCUT2D eigenvalue weighted by Crippen LogP contribution is 2.34. The normalized spacial score (nSPS) is 21.5. The van der Waals surface area contributed by atoms with E-state index < -0.39 is 6.10 Å². The molecule has 2 heterocycles. The van der Waals surface area contributed by atoms with E-state index in [9.17, 15) is 5.11 Å². The maximum atomic E-state index is 9.89. The highest BCUT2D eigenvalue weighted by molar-refractivity contribution is 7.99. The SMILES string of the molecule is COc1ccc(-c2noc(C3CSCC3O)n2)cc1OC. The minimum Gasteiger partial charge on any atom is -0.493 e. The Morgan fingerprint density at radius 1 is 1.24 bits per heavy atom. The zero-order chi connectivity index (χ0) is 14.8. The van der Waals surface area contributed by atoms with E-state index in [-0.39, 0.29) is 5.92 Å². The molecule has 0 radical (unpaired) electrons. The second-order valence-corrected chi connectivity index (χ2v) is 5.81. The molecule has 0 bridgehead atoms. The van der Waals surface area contributed by atoms with E-state index in [1.54, 1.807) is 38.1 Å². The van der Waals surface area contributed by atoms with E-state index in [1.165, 1.54) is 0 Å². The largest absolute Gasteiger partial charge is 0.493 e. The molecule has 0 spiro atoms. The van der Waals surface area contributed by atoms with E-state index in [4.69, 9.17) is 14.0 Å². The predicted molar refractivity (Wildman–Crippen MR) is 78.9 cm³/mol. The zero-order valence-corrected chi connectivity index (χ0v) is 12.6. The molecule has 2 unspecified atom stereocenters. The van der Waals surface area contributed by atoms with Gasteiger partial charge in [0.2, 0.25) is 11.7 Å². The van der Waals surface area contributed by atoms with Crippen molar-refractivity contribution in [2.24, 2.45) is 0 Å². The van der Waals surface area contributed by atoms with Gasteiger partial charge in [0.05, 0.1) is 26.2 Å². The summed E-state index contributed by atoms with van der Waals surface area (Å²) >= 11 is 1.69. The van der Waals surface area contributed by atoms with Crippen LogP contribution < -0.4 is 9.47 Å². The zero-order valence-electron chi connectivity index (χ0n) is 11.8. The Morgan fingerprint density at radius 3 is 2.71 bits per heavy atom. The van der Waals surface area contributed by atoms with Crippen molar-refractivity contribution < 1.29 is 19.1 Å². The van der Waals surface area contributed by atoms with Gasteiger partial charge < -0.3 is 19.1 Å². The first-order chi connectivity index (χ1) is 10.2. The summed E-state index contributed by atoms with van der Waals surface area (Å²) in [5.41, 5.74) is 0.780. The average Bonchev–Trinajstić information content (AvgIpc) is 3.15. The van der Waals surface area contributed by atoms with Crippen LogP contribution in [0.15, 0.2) is 22.7 Å². The molecule has 7 heteroatoms. The van der Waals surface area contributed by atoms with Crippen LogP contribution in [0.4, 0.5) is 0 Å². The number of hydrogen-bond donors (Lipinski definition) is 1. The van der Waals surface area contributed by atoms with Crippen LogP contribution in [-0.4, -0.2) is 47.1 Å². The number of thioether (sulfide) groups is 1. The average molecular weight is 308 g/mol. The first kappa shape index (κ1) is 14.2. The van der Waals surface area contributed by atoms with Gasteiger partial charge >= 0.3 is 0 Å². The summed E-state index contributed by atoms with van der Waals surface area (Å²) in [7, 11) is 3.17. The fraction of sp³-hybridized carbons (Fsp3) is 0.429. The van der Waals surface area contributed by atoms with Crippen molar-refractivity contribution in [1.82, 2.24) is 10.1 Å². The lowest BCUT2D eigenvalue weighted by Crippen LogP contribution is -2.15. The van der Waals surface area contributed by atoms with Crippen LogP contribution in [0.25, 0.3) is 11.4 Å². The molecule has 0 aliphatic carbocycles. The number of benzene rings is 1. The number of aliphatic hydroxyl groups is 1. The van der Waals surface area contributed by atoms with E-state index in [1.807, 2.05) is 6.07 Å². The van der Waals surface area contributed by atoms with Crippen LogP contribution in [0.3, 0.4) is 0 Å². The van der Waals surface area contributed by atoms with Crippen LogP contribution >= 0.6 is 11.8 Å². The van der Waals surface area contributed by atoms with Gasteiger partial charge in [0.1, 0.15) is 0 Å². The van der Waals surface area contributed by atoms with Crippen molar-refractivity contribution in [3.8, 4) is 22.9 Å².